The molecule has 0 N–H and O–H groups in total. The van der Waals surface area contributed by atoms with Gasteiger partial charge in [0.25, 0.3) is 0 Å². The van der Waals surface area contributed by atoms with E-state index in [4.69, 9.17) is 15.0 Å². The standard InChI is InChI=1S/C27H24N6S.C4H10/c1-14-6-7-19(15(2)10-14)32-13-30-23-21-16(3)11-18(17(4)34-5)22-24(21)33-20(12-29-27(33)25(23)32)31-9-8-28-26(22)31;1-3-4-2/h6-13,17H,1-5H3;3-4H2,1-2H3. The van der Waals surface area contributed by atoms with E-state index in [0.29, 0.717) is 5.25 Å². The SMILES string of the molecule is CCCC.CSC(C)c1cc(C)c2c3ncn(-c4ccc(C)cc4C)c3c3ncc4n5ccnc5c1c2n34. The average Bonchev–Trinajstić information content (AvgIpc) is 3.66. The zero-order valence-corrected chi connectivity index (χ0v) is 24.0. The number of rotatable bonds is 4. The normalized spacial score (nSPS) is 12.8. The van der Waals surface area contributed by atoms with Crippen LogP contribution in [-0.4, -0.2) is 34.6 Å². The van der Waals surface area contributed by atoms with Gasteiger partial charge in [-0.25, -0.2) is 15.0 Å². The van der Waals surface area contributed by atoms with Crippen LogP contribution in [0.2, 0.25) is 0 Å². The highest BCUT2D eigenvalue weighted by molar-refractivity contribution is 7.98. The molecule has 0 aliphatic rings. The van der Waals surface area contributed by atoms with Crippen molar-refractivity contribution in [2.24, 2.45) is 0 Å². The Morgan fingerprint density at radius 3 is 2.39 bits per heavy atom. The van der Waals surface area contributed by atoms with Crippen molar-refractivity contribution in [1.29, 1.82) is 0 Å². The van der Waals surface area contributed by atoms with E-state index in [1.165, 1.54) is 45.9 Å². The number of thioether (sulfide) groups is 1. The molecule has 0 amide bonds. The number of hydrogen-bond donors (Lipinski definition) is 0. The summed E-state index contributed by atoms with van der Waals surface area (Å²) < 4.78 is 6.67. The van der Waals surface area contributed by atoms with E-state index in [9.17, 15) is 0 Å². The van der Waals surface area contributed by atoms with Gasteiger partial charge in [-0.3, -0.25) is 13.4 Å². The minimum Gasteiger partial charge on any atom is -0.295 e. The predicted molar refractivity (Wildman–Crippen MR) is 161 cm³/mol. The minimum atomic E-state index is 0.340. The topological polar surface area (TPSA) is 52.4 Å². The van der Waals surface area contributed by atoms with Gasteiger partial charge in [0.15, 0.2) is 5.65 Å². The summed E-state index contributed by atoms with van der Waals surface area (Å²) >= 11 is 1.86. The monoisotopic (exact) mass is 522 g/mol. The molecule has 7 aromatic rings. The fraction of sp³-hybridized carbons (Fsp3) is 0.323. The van der Waals surface area contributed by atoms with Gasteiger partial charge in [0.05, 0.1) is 17.4 Å². The lowest BCUT2D eigenvalue weighted by atomic mass is 9.97. The summed E-state index contributed by atoms with van der Waals surface area (Å²) in [5.41, 5.74) is 12.2. The minimum absolute atomic E-state index is 0.340. The van der Waals surface area contributed by atoms with Crippen LogP contribution >= 0.6 is 11.8 Å². The van der Waals surface area contributed by atoms with Gasteiger partial charge in [-0.1, -0.05) is 50.5 Å². The first kappa shape index (κ1) is 24.7. The molecule has 0 radical (unpaired) electrons. The second-order valence-corrected chi connectivity index (χ2v) is 11.4. The molecule has 0 spiro atoms. The molecule has 1 unspecified atom stereocenters. The van der Waals surface area contributed by atoms with E-state index in [-0.39, 0.29) is 0 Å². The van der Waals surface area contributed by atoms with Crippen molar-refractivity contribution in [3.05, 3.63) is 71.4 Å². The third kappa shape index (κ3) is 3.44. The summed E-state index contributed by atoms with van der Waals surface area (Å²) in [6.45, 7) is 13.1. The third-order valence-corrected chi connectivity index (χ3v) is 8.69. The van der Waals surface area contributed by atoms with Gasteiger partial charge < -0.3 is 0 Å². The van der Waals surface area contributed by atoms with Crippen molar-refractivity contribution >= 4 is 56.0 Å². The maximum atomic E-state index is 4.99. The maximum Gasteiger partial charge on any atom is 0.165 e. The molecule has 0 saturated carbocycles. The van der Waals surface area contributed by atoms with E-state index in [2.05, 4.69) is 85.4 Å². The second-order valence-electron chi connectivity index (χ2n) is 10.3. The van der Waals surface area contributed by atoms with Crippen LogP contribution < -0.4 is 0 Å². The molecule has 0 aliphatic carbocycles. The molecule has 7 rings (SSSR count). The molecule has 38 heavy (non-hydrogen) atoms. The molecular weight excluding hydrogens is 488 g/mol. The Morgan fingerprint density at radius 2 is 1.68 bits per heavy atom. The molecule has 2 aromatic carbocycles. The molecule has 6 nitrogen and oxygen atoms in total. The smallest absolute Gasteiger partial charge is 0.165 e. The molecule has 0 saturated heterocycles. The molecule has 5 heterocycles. The largest absolute Gasteiger partial charge is 0.295 e. The van der Waals surface area contributed by atoms with Crippen LogP contribution in [0.5, 0.6) is 0 Å². The first-order valence-corrected chi connectivity index (χ1v) is 14.7. The van der Waals surface area contributed by atoms with Crippen LogP contribution in [0.15, 0.2) is 49.2 Å². The highest BCUT2D eigenvalue weighted by Crippen LogP contribution is 2.42. The van der Waals surface area contributed by atoms with Crippen LogP contribution in [0.1, 0.15) is 61.1 Å². The van der Waals surface area contributed by atoms with Gasteiger partial charge in [0.2, 0.25) is 0 Å². The quantitative estimate of drug-likeness (QED) is 0.234. The number of hydrogen-bond acceptors (Lipinski definition) is 4. The van der Waals surface area contributed by atoms with Crippen LogP contribution in [-0.2, 0) is 0 Å². The average molecular weight is 523 g/mol. The molecule has 0 bridgehead atoms. The lowest BCUT2D eigenvalue weighted by Crippen LogP contribution is -2.05. The van der Waals surface area contributed by atoms with Crippen molar-refractivity contribution in [1.82, 2.24) is 28.3 Å². The zero-order chi connectivity index (χ0) is 26.7. The number of fused-ring (bicyclic) bond motifs is 6. The van der Waals surface area contributed by atoms with Gasteiger partial charge in [-0.2, -0.15) is 11.8 Å². The first-order chi connectivity index (χ1) is 18.4. The number of aryl methyl sites for hydroxylation is 3. The zero-order valence-electron chi connectivity index (χ0n) is 23.2. The van der Waals surface area contributed by atoms with E-state index in [1.54, 1.807) is 0 Å². The third-order valence-electron chi connectivity index (χ3n) is 7.73. The molecular formula is C31H34N6S. The number of pyridine rings is 1. The Kier molecular flexibility index (Phi) is 6.06. The van der Waals surface area contributed by atoms with E-state index < -0.39 is 0 Å². The van der Waals surface area contributed by atoms with Crippen LogP contribution in [0.25, 0.3) is 50.0 Å². The summed E-state index contributed by atoms with van der Waals surface area (Å²) in [7, 11) is 0. The lowest BCUT2D eigenvalue weighted by Gasteiger charge is -2.20. The second kappa shape index (κ2) is 9.31. The molecule has 0 fully saturated rings. The fourth-order valence-corrected chi connectivity index (χ4v) is 6.05. The Balaban J connectivity index is 0.000000620. The van der Waals surface area contributed by atoms with Crippen molar-refractivity contribution in [3.8, 4) is 5.69 Å². The predicted octanol–water partition coefficient (Wildman–Crippen LogP) is 8.22. The fourth-order valence-electron chi connectivity index (χ4n) is 5.61. The van der Waals surface area contributed by atoms with Crippen LogP contribution in [0.4, 0.5) is 0 Å². The number of imidazole rings is 3. The van der Waals surface area contributed by atoms with Gasteiger partial charge in [0, 0.05) is 28.4 Å². The highest BCUT2D eigenvalue weighted by atomic mass is 32.2. The first-order valence-electron chi connectivity index (χ1n) is 13.4. The molecule has 7 heteroatoms. The van der Waals surface area contributed by atoms with E-state index in [1.807, 2.05) is 36.7 Å². The molecule has 1 atom stereocenters. The Bertz CT molecular complexity index is 1940. The summed E-state index contributed by atoms with van der Waals surface area (Å²) in [6.07, 6.45) is 12.6. The van der Waals surface area contributed by atoms with Crippen molar-refractivity contribution in [2.75, 3.05) is 6.26 Å². The molecule has 0 aliphatic heterocycles. The Hall–Kier alpha value is -3.58. The number of aromatic nitrogens is 6. The summed E-state index contributed by atoms with van der Waals surface area (Å²) in [6, 6.07) is 8.89. The van der Waals surface area contributed by atoms with Crippen molar-refractivity contribution in [2.45, 2.75) is 59.6 Å². The van der Waals surface area contributed by atoms with E-state index >= 15 is 0 Å². The summed E-state index contributed by atoms with van der Waals surface area (Å²) in [5, 5.41) is 2.70. The number of benzene rings is 2. The van der Waals surface area contributed by atoms with Crippen molar-refractivity contribution in [3.63, 3.8) is 0 Å². The van der Waals surface area contributed by atoms with Crippen molar-refractivity contribution < 1.29 is 0 Å². The van der Waals surface area contributed by atoms with Gasteiger partial charge >= 0.3 is 0 Å². The molecule has 194 valence electrons. The number of nitrogens with zero attached hydrogens (tertiary/aromatic N) is 6. The van der Waals surface area contributed by atoms with Gasteiger partial charge in [0.1, 0.15) is 28.7 Å². The van der Waals surface area contributed by atoms with E-state index in [0.717, 1.165) is 39.2 Å². The highest BCUT2D eigenvalue weighted by Gasteiger charge is 2.26. The van der Waals surface area contributed by atoms with Gasteiger partial charge in [-0.05, 0) is 56.7 Å². The maximum absolute atomic E-state index is 4.99. The Labute approximate surface area is 227 Å². The number of unbranched alkanes of at least 4 members (excludes halogenated alkanes) is 1. The molecule has 5 aromatic heterocycles. The van der Waals surface area contributed by atoms with Crippen LogP contribution in [0.3, 0.4) is 0 Å². The summed E-state index contributed by atoms with van der Waals surface area (Å²) in [5.74, 6) is 0. The lowest BCUT2D eigenvalue weighted by molar-refractivity contribution is 0.886. The Morgan fingerprint density at radius 1 is 0.895 bits per heavy atom. The van der Waals surface area contributed by atoms with Gasteiger partial charge in [-0.15, -0.1) is 0 Å². The van der Waals surface area contributed by atoms with Crippen LogP contribution in [0, 0.1) is 20.8 Å². The summed E-state index contributed by atoms with van der Waals surface area (Å²) in [4.78, 5) is 14.7.